The Hall–Kier alpha value is -2.56. The summed E-state index contributed by atoms with van der Waals surface area (Å²) in [4.78, 5) is 12.2. The second-order valence-electron chi connectivity index (χ2n) is 4.81. The zero-order valence-corrected chi connectivity index (χ0v) is 12.7. The van der Waals surface area contributed by atoms with Gasteiger partial charge in [0.1, 0.15) is 17.3 Å². The largest absolute Gasteiger partial charge is 0.497 e. The van der Waals surface area contributed by atoms with Crippen LogP contribution in [-0.4, -0.2) is 20.1 Å². The van der Waals surface area contributed by atoms with Gasteiger partial charge < -0.3 is 14.8 Å². The highest BCUT2D eigenvalue weighted by atomic mass is 19.1. The number of rotatable bonds is 5. The first-order valence-electron chi connectivity index (χ1n) is 6.83. The van der Waals surface area contributed by atoms with Crippen molar-refractivity contribution in [2.45, 2.75) is 13.0 Å². The molecule has 2 rings (SSSR count). The highest BCUT2D eigenvalue weighted by Gasteiger charge is 2.16. The average Bonchev–Trinajstić information content (AvgIpc) is 2.54. The Labute approximate surface area is 128 Å². The van der Waals surface area contributed by atoms with Crippen molar-refractivity contribution < 1.29 is 18.7 Å². The molecule has 0 unspecified atom stereocenters. The molecule has 2 aromatic rings. The van der Waals surface area contributed by atoms with Crippen LogP contribution in [0.4, 0.5) is 4.39 Å². The van der Waals surface area contributed by atoms with Crippen LogP contribution >= 0.6 is 0 Å². The SMILES string of the molecule is COc1ccc(OC)c([C@H](C)NC(=O)c2cccc(F)c2)c1. The predicted molar refractivity (Wildman–Crippen MR) is 81.8 cm³/mol. The number of ether oxygens (including phenoxy) is 2. The van der Waals surface area contributed by atoms with Crippen LogP contribution in [0.3, 0.4) is 0 Å². The number of amides is 1. The van der Waals surface area contributed by atoms with Crippen LogP contribution < -0.4 is 14.8 Å². The average molecular weight is 303 g/mol. The Bertz CT molecular complexity index is 673. The quantitative estimate of drug-likeness (QED) is 0.921. The predicted octanol–water partition coefficient (Wildman–Crippen LogP) is 3.33. The first kappa shape index (κ1) is 15.8. The van der Waals surface area contributed by atoms with E-state index in [1.165, 1.54) is 18.2 Å². The van der Waals surface area contributed by atoms with Crippen molar-refractivity contribution in [3.63, 3.8) is 0 Å². The Balaban J connectivity index is 2.21. The number of hydrogen-bond donors (Lipinski definition) is 1. The topological polar surface area (TPSA) is 47.6 Å². The maximum Gasteiger partial charge on any atom is 0.251 e. The third-order valence-corrected chi connectivity index (χ3v) is 3.34. The molecule has 0 radical (unpaired) electrons. The molecule has 0 saturated heterocycles. The molecule has 0 aliphatic carbocycles. The van der Waals surface area contributed by atoms with Gasteiger partial charge in [-0.2, -0.15) is 0 Å². The summed E-state index contributed by atoms with van der Waals surface area (Å²) in [6, 6.07) is 10.6. The van der Waals surface area contributed by atoms with Gasteiger partial charge in [-0.15, -0.1) is 0 Å². The zero-order chi connectivity index (χ0) is 16.1. The van der Waals surface area contributed by atoms with Gasteiger partial charge in [0.25, 0.3) is 5.91 Å². The molecule has 0 aliphatic rings. The summed E-state index contributed by atoms with van der Waals surface area (Å²) in [7, 11) is 3.13. The van der Waals surface area contributed by atoms with Crippen LogP contribution in [0.2, 0.25) is 0 Å². The molecule has 0 saturated carbocycles. The first-order chi connectivity index (χ1) is 10.5. The van der Waals surface area contributed by atoms with Gasteiger partial charge in [-0.1, -0.05) is 6.07 Å². The molecule has 1 amide bonds. The van der Waals surface area contributed by atoms with Crippen LogP contribution in [0.5, 0.6) is 11.5 Å². The van der Waals surface area contributed by atoms with Gasteiger partial charge in [-0.05, 0) is 43.3 Å². The van der Waals surface area contributed by atoms with Crippen molar-refractivity contribution in [1.29, 1.82) is 0 Å². The van der Waals surface area contributed by atoms with E-state index in [0.29, 0.717) is 11.5 Å². The minimum atomic E-state index is -0.445. The number of hydrogen-bond acceptors (Lipinski definition) is 3. The second-order valence-corrected chi connectivity index (χ2v) is 4.81. The minimum absolute atomic E-state index is 0.272. The van der Waals surface area contributed by atoms with Gasteiger partial charge >= 0.3 is 0 Å². The van der Waals surface area contributed by atoms with E-state index in [1.54, 1.807) is 38.5 Å². The van der Waals surface area contributed by atoms with Crippen LogP contribution in [-0.2, 0) is 0 Å². The number of benzene rings is 2. The fraction of sp³-hybridized carbons (Fsp3) is 0.235. The molecule has 5 heteroatoms. The molecule has 22 heavy (non-hydrogen) atoms. The van der Waals surface area contributed by atoms with E-state index in [9.17, 15) is 9.18 Å². The molecule has 1 N–H and O–H groups in total. The minimum Gasteiger partial charge on any atom is -0.497 e. The third-order valence-electron chi connectivity index (χ3n) is 3.34. The number of carbonyl (C=O) groups is 1. The number of carbonyl (C=O) groups excluding carboxylic acids is 1. The lowest BCUT2D eigenvalue weighted by molar-refractivity contribution is 0.0939. The summed E-state index contributed by atoms with van der Waals surface area (Å²) >= 11 is 0. The number of halogens is 1. The molecular weight excluding hydrogens is 285 g/mol. The van der Waals surface area contributed by atoms with E-state index >= 15 is 0 Å². The van der Waals surface area contributed by atoms with E-state index in [1.807, 2.05) is 6.92 Å². The van der Waals surface area contributed by atoms with Gasteiger partial charge in [0.05, 0.1) is 20.3 Å². The molecule has 1 atom stereocenters. The van der Waals surface area contributed by atoms with Crippen LogP contribution in [0.25, 0.3) is 0 Å². The lowest BCUT2D eigenvalue weighted by Crippen LogP contribution is -2.27. The van der Waals surface area contributed by atoms with Gasteiger partial charge in [0, 0.05) is 11.1 Å². The van der Waals surface area contributed by atoms with Crippen molar-refractivity contribution >= 4 is 5.91 Å². The molecule has 116 valence electrons. The Kier molecular flexibility index (Phi) is 4.99. The number of methoxy groups -OCH3 is 2. The fourth-order valence-electron chi connectivity index (χ4n) is 2.17. The van der Waals surface area contributed by atoms with E-state index < -0.39 is 5.82 Å². The van der Waals surface area contributed by atoms with Crippen molar-refractivity contribution in [3.8, 4) is 11.5 Å². The molecule has 0 aromatic heterocycles. The maximum absolute atomic E-state index is 13.2. The maximum atomic E-state index is 13.2. The van der Waals surface area contributed by atoms with Crippen molar-refractivity contribution in [2.75, 3.05) is 14.2 Å². The summed E-state index contributed by atoms with van der Waals surface area (Å²) in [6.45, 7) is 1.83. The molecule has 0 aliphatic heterocycles. The summed E-state index contributed by atoms with van der Waals surface area (Å²) in [5.41, 5.74) is 1.06. The van der Waals surface area contributed by atoms with Gasteiger partial charge in [-0.25, -0.2) is 4.39 Å². The summed E-state index contributed by atoms with van der Waals surface area (Å²) in [5, 5.41) is 2.82. The summed E-state index contributed by atoms with van der Waals surface area (Å²) < 4.78 is 23.7. The molecule has 0 fully saturated rings. The van der Waals surface area contributed by atoms with Crippen LogP contribution in [0.1, 0.15) is 28.9 Å². The van der Waals surface area contributed by atoms with Gasteiger partial charge in [-0.3, -0.25) is 4.79 Å². The molecule has 0 spiro atoms. The molecule has 4 nitrogen and oxygen atoms in total. The van der Waals surface area contributed by atoms with Crippen molar-refractivity contribution in [2.24, 2.45) is 0 Å². The lowest BCUT2D eigenvalue weighted by Gasteiger charge is -2.18. The van der Waals surface area contributed by atoms with E-state index in [0.717, 1.165) is 5.56 Å². The third kappa shape index (κ3) is 3.55. The second kappa shape index (κ2) is 6.93. The first-order valence-corrected chi connectivity index (χ1v) is 6.83. The van der Waals surface area contributed by atoms with Crippen molar-refractivity contribution in [1.82, 2.24) is 5.32 Å². The lowest BCUT2D eigenvalue weighted by atomic mass is 10.1. The van der Waals surface area contributed by atoms with Crippen molar-refractivity contribution in [3.05, 3.63) is 59.4 Å². The molecule has 0 heterocycles. The standard InChI is InChI=1S/C17H18FNO3/c1-11(15-10-14(21-2)7-8-16(15)22-3)19-17(20)12-5-4-6-13(18)9-12/h4-11H,1-3H3,(H,19,20)/t11-/m0/s1. The Morgan fingerprint density at radius 1 is 1.14 bits per heavy atom. The highest BCUT2D eigenvalue weighted by molar-refractivity contribution is 5.94. The molecule has 2 aromatic carbocycles. The van der Waals surface area contributed by atoms with E-state index in [2.05, 4.69) is 5.32 Å². The fourth-order valence-corrected chi connectivity index (χ4v) is 2.17. The van der Waals surface area contributed by atoms with E-state index in [4.69, 9.17) is 9.47 Å². The smallest absolute Gasteiger partial charge is 0.251 e. The monoisotopic (exact) mass is 303 g/mol. The van der Waals surface area contributed by atoms with Crippen LogP contribution in [0.15, 0.2) is 42.5 Å². The summed E-state index contributed by atoms with van der Waals surface area (Å²) in [6.07, 6.45) is 0. The van der Waals surface area contributed by atoms with Crippen LogP contribution in [0, 0.1) is 5.82 Å². The van der Waals surface area contributed by atoms with Gasteiger partial charge in [0.15, 0.2) is 0 Å². The zero-order valence-electron chi connectivity index (χ0n) is 12.7. The highest BCUT2D eigenvalue weighted by Crippen LogP contribution is 2.29. The summed E-state index contributed by atoms with van der Waals surface area (Å²) in [5.74, 6) is 0.520. The van der Waals surface area contributed by atoms with E-state index in [-0.39, 0.29) is 17.5 Å². The molecule has 0 bridgehead atoms. The number of nitrogens with one attached hydrogen (secondary N) is 1. The van der Waals surface area contributed by atoms with Gasteiger partial charge in [0.2, 0.25) is 0 Å². The molecular formula is C17H18FNO3. The Morgan fingerprint density at radius 3 is 2.55 bits per heavy atom. The Morgan fingerprint density at radius 2 is 1.91 bits per heavy atom. The normalized spacial score (nSPS) is 11.6.